The largest absolute Gasteiger partial charge is 0.461 e. The smallest absolute Gasteiger partial charge is 0.257 e. The molecule has 4 aromatic heterocycles. The van der Waals surface area contributed by atoms with Gasteiger partial charge in [-0.25, -0.2) is 0 Å². The SMILES string of the molecule is CC(Sc1nnc(-c2ccco2)n1-c1ccccc1)c1nnc(-c2cccs2)o1. The van der Waals surface area contributed by atoms with E-state index in [1.165, 1.54) is 11.8 Å². The minimum atomic E-state index is -0.104. The summed E-state index contributed by atoms with van der Waals surface area (Å²) in [7, 11) is 0. The van der Waals surface area contributed by atoms with Crippen molar-refractivity contribution in [3.8, 4) is 28.0 Å². The maximum atomic E-state index is 5.88. The van der Waals surface area contributed by atoms with Crippen LogP contribution < -0.4 is 0 Å². The minimum absolute atomic E-state index is 0.104. The number of aromatic nitrogens is 5. The molecule has 5 rings (SSSR count). The van der Waals surface area contributed by atoms with Crippen LogP contribution in [0.1, 0.15) is 18.1 Å². The fourth-order valence-corrected chi connectivity index (χ4v) is 4.37. The van der Waals surface area contributed by atoms with Crippen molar-refractivity contribution in [2.45, 2.75) is 17.3 Å². The molecule has 0 aliphatic carbocycles. The molecule has 29 heavy (non-hydrogen) atoms. The molecule has 0 aliphatic heterocycles. The highest BCUT2D eigenvalue weighted by Crippen LogP contribution is 2.37. The van der Waals surface area contributed by atoms with Crippen LogP contribution in [0.4, 0.5) is 0 Å². The van der Waals surface area contributed by atoms with Gasteiger partial charge in [-0.15, -0.1) is 31.7 Å². The molecule has 4 heterocycles. The van der Waals surface area contributed by atoms with Gasteiger partial charge in [0.25, 0.3) is 5.89 Å². The fraction of sp³-hybridized carbons (Fsp3) is 0.100. The van der Waals surface area contributed by atoms with Gasteiger partial charge in [0.2, 0.25) is 11.7 Å². The summed E-state index contributed by atoms with van der Waals surface area (Å²) < 4.78 is 13.4. The van der Waals surface area contributed by atoms with Gasteiger partial charge >= 0.3 is 0 Å². The van der Waals surface area contributed by atoms with Crippen LogP contribution in [-0.4, -0.2) is 25.0 Å². The Balaban J connectivity index is 1.48. The summed E-state index contributed by atoms with van der Waals surface area (Å²) >= 11 is 3.07. The van der Waals surface area contributed by atoms with Crippen molar-refractivity contribution < 1.29 is 8.83 Å². The topological polar surface area (TPSA) is 82.8 Å². The summed E-state index contributed by atoms with van der Waals surface area (Å²) in [6.07, 6.45) is 1.62. The molecule has 0 amide bonds. The Labute approximate surface area is 174 Å². The Morgan fingerprint density at radius 1 is 0.966 bits per heavy atom. The van der Waals surface area contributed by atoms with E-state index in [0.717, 1.165) is 10.6 Å². The van der Waals surface area contributed by atoms with E-state index in [1.54, 1.807) is 17.6 Å². The van der Waals surface area contributed by atoms with Gasteiger partial charge in [0.05, 0.1) is 16.4 Å². The lowest BCUT2D eigenvalue weighted by Gasteiger charge is -2.10. The van der Waals surface area contributed by atoms with E-state index in [4.69, 9.17) is 8.83 Å². The van der Waals surface area contributed by atoms with Gasteiger partial charge in [0.15, 0.2) is 10.9 Å². The van der Waals surface area contributed by atoms with Crippen LogP contribution in [0.5, 0.6) is 0 Å². The second kappa shape index (κ2) is 7.69. The highest BCUT2D eigenvalue weighted by Gasteiger charge is 2.23. The van der Waals surface area contributed by atoms with Crippen molar-refractivity contribution in [1.82, 2.24) is 25.0 Å². The number of hydrogen-bond acceptors (Lipinski definition) is 8. The molecule has 5 aromatic rings. The van der Waals surface area contributed by atoms with Crippen LogP contribution in [0.2, 0.25) is 0 Å². The van der Waals surface area contributed by atoms with Gasteiger partial charge in [0.1, 0.15) is 0 Å². The zero-order valence-electron chi connectivity index (χ0n) is 15.3. The summed E-state index contributed by atoms with van der Waals surface area (Å²) in [6, 6.07) is 17.6. The molecule has 144 valence electrons. The first kappa shape index (κ1) is 17.9. The van der Waals surface area contributed by atoms with Gasteiger partial charge in [0, 0.05) is 5.69 Å². The van der Waals surface area contributed by atoms with Crippen LogP contribution in [0, 0.1) is 0 Å². The lowest BCUT2D eigenvalue weighted by atomic mass is 10.3. The van der Waals surface area contributed by atoms with E-state index in [2.05, 4.69) is 20.4 Å². The maximum Gasteiger partial charge on any atom is 0.257 e. The lowest BCUT2D eigenvalue weighted by Crippen LogP contribution is -2.00. The number of thiophene rings is 1. The number of hydrogen-bond donors (Lipinski definition) is 0. The third-order valence-electron chi connectivity index (χ3n) is 4.19. The third kappa shape index (κ3) is 3.50. The molecule has 0 aliphatic rings. The van der Waals surface area contributed by atoms with E-state index in [9.17, 15) is 0 Å². The molecular formula is C20H15N5O2S2. The van der Waals surface area contributed by atoms with Gasteiger partial charge < -0.3 is 8.83 Å². The molecule has 0 saturated carbocycles. The highest BCUT2D eigenvalue weighted by atomic mass is 32.2. The Morgan fingerprint density at radius 3 is 2.62 bits per heavy atom. The summed E-state index contributed by atoms with van der Waals surface area (Å²) in [5, 5.41) is 19.7. The van der Waals surface area contributed by atoms with Crippen molar-refractivity contribution in [2.24, 2.45) is 0 Å². The molecule has 1 atom stereocenters. The van der Waals surface area contributed by atoms with E-state index in [-0.39, 0.29) is 5.25 Å². The molecule has 0 N–H and O–H groups in total. The van der Waals surface area contributed by atoms with Crippen LogP contribution in [0.3, 0.4) is 0 Å². The monoisotopic (exact) mass is 421 g/mol. The van der Waals surface area contributed by atoms with E-state index in [0.29, 0.717) is 28.5 Å². The fourth-order valence-electron chi connectivity index (χ4n) is 2.83. The number of rotatable bonds is 6. The Hall–Kier alpha value is -3.17. The third-order valence-corrected chi connectivity index (χ3v) is 6.08. The number of nitrogens with zero attached hydrogens (tertiary/aromatic N) is 5. The zero-order valence-corrected chi connectivity index (χ0v) is 16.9. The van der Waals surface area contributed by atoms with E-state index in [1.807, 2.05) is 71.5 Å². The number of benzene rings is 1. The zero-order chi connectivity index (χ0) is 19.6. The molecule has 0 spiro atoms. The first-order valence-electron chi connectivity index (χ1n) is 8.88. The van der Waals surface area contributed by atoms with E-state index < -0.39 is 0 Å². The van der Waals surface area contributed by atoms with Crippen molar-refractivity contribution in [2.75, 3.05) is 0 Å². The molecule has 0 bridgehead atoms. The normalized spacial score (nSPS) is 12.3. The summed E-state index contributed by atoms with van der Waals surface area (Å²) in [5.74, 6) is 2.36. The highest BCUT2D eigenvalue weighted by molar-refractivity contribution is 7.99. The Kier molecular flexibility index (Phi) is 4.74. The summed E-state index contributed by atoms with van der Waals surface area (Å²) in [6.45, 7) is 2.01. The summed E-state index contributed by atoms with van der Waals surface area (Å²) in [4.78, 5) is 0.952. The van der Waals surface area contributed by atoms with Crippen LogP contribution in [0.15, 0.2) is 80.2 Å². The predicted octanol–water partition coefficient (Wildman–Crippen LogP) is 5.49. The first-order valence-corrected chi connectivity index (χ1v) is 10.6. The number of para-hydroxylation sites is 1. The van der Waals surface area contributed by atoms with Crippen molar-refractivity contribution >= 4 is 23.1 Å². The molecule has 9 heteroatoms. The van der Waals surface area contributed by atoms with Crippen LogP contribution in [-0.2, 0) is 0 Å². The second-order valence-corrected chi connectivity index (χ2v) is 8.39. The standard InChI is InChI=1S/C20H15N5O2S2/c1-13(18-22-23-19(27-18)16-10-6-12-28-16)29-20-24-21-17(15-9-5-11-26-15)25(20)14-7-3-2-4-8-14/h2-13H,1H3. The van der Waals surface area contributed by atoms with Gasteiger partial charge in [-0.1, -0.05) is 36.0 Å². The minimum Gasteiger partial charge on any atom is -0.461 e. The lowest BCUT2D eigenvalue weighted by molar-refractivity contribution is 0.510. The molecule has 0 saturated heterocycles. The molecular weight excluding hydrogens is 406 g/mol. The molecule has 7 nitrogen and oxygen atoms in total. The molecule has 0 radical (unpaired) electrons. The Bertz CT molecular complexity index is 1200. The van der Waals surface area contributed by atoms with Crippen molar-refractivity contribution in [1.29, 1.82) is 0 Å². The first-order chi connectivity index (χ1) is 14.3. The van der Waals surface area contributed by atoms with Crippen LogP contribution >= 0.6 is 23.1 Å². The predicted molar refractivity (Wildman–Crippen MR) is 111 cm³/mol. The maximum absolute atomic E-state index is 5.88. The molecule has 1 aromatic carbocycles. The van der Waals surface area contributed by atoms with Crippen molar-refractivity contribution in [3.05, 3.63) is 72.1 Å². The molecule has 1 unspecified atom stereocenters. The second-order valence-electron chi connectivity index (χ2n) is 6.14. The average Bonchev–Trinajstić information content (AvgIpc) is 3.55. The molecule has 0 fully saturated rings. The number of thioether (sulfide) groups is 1. The van der Waals surface area contributed by atoms with Crippen LogP contribution in [0.25, 0.3) is 28.0 Å². The Morgan fingerprint density at radius 2 is 1.86 bits per heavy atom. The van der Waals surface area contributed by atoms with Crippen molar-refractivity contribution in [3.63, 3.8) is 0 Å². The van der Waals surface area contributed by atoms with Gasteiger partial charge in [-0.3, -0.25) is 4.57 Å². The summed E-state index contributed by atoms with van der Waals surface area (Å²) in [5.41, 5.74) is 0.948. The van der Waals surface area contributed by atoms with E-state index >= 15 is 0 Å². The number of furan rings is 1. The quantitative estimate of drug-likeness (QED) is 0.335. The van der Waals surface area contributed by atoms with Gasteiger partial charge in [-0.2, -0.15) is 0 Å². The van der Waals surface area contributed by atoms with Gasteiger partial charge in [-0.05, 0) is 42.6 Å². The average molecular weight is 422 g/mol.